The molecule has 0 aliphatic heterocycles. The molecule has 19 heteroatoms. The molecule has 348 valence electrons. The van der Waals surface area contributed by atoms with Gasteiger partial charge in [-0.25, -0.2) is 26.3 Å². The molecule has 0 saturated heterocycles. The Morgan fingerprint density at radius 2 is 1.06 bits per heavy atom. The normalized spacial score (nSPS) is 12.7. The van der Waals surface area contributed by atoms with Crippen molar-refractivity contribution in [3.63, 3.8) is 0 Å². The van der Waals surface area contributed by atoms with Gasteiger partial charge in [0.15, 0.2) is 0 Å². The minimum absolute atomic E-state index is 0. The van der Waals surface area contributed by atoms with Crippen LogP contribution in [0.4, 0.5) is 26.3 Å². The predicted molar refractivity (Wildman–Crippen MR) is 236 cm³/mol. The molecule has 0 aliphatic rings. The van der Waals surface area contributed by atoms with Gasteiger partial charge in [-0.3, -0.25) is 14.8 Å². The van der Waals surface area contributed by atoms with Gasteiger partial charge in [-0.05, 0) is 120 Å². The van der Waals surface area contributed by atoms with Gasteiger partial charge < -0.3 is 5.11 Å². The summed E-state index contributed by atoms with van der Waals surface area (Å²) in [4.78, 5) is 17.5. The molecule has 0 fully saturated rings. The fourth-order valence-electron chi connectivity index (χ4n) is 6.88. The van der Waals surface area contributed by atoms with E-state index in [1.54, 1.807) is 73.3 Å². The van der Waals surface area contributed by atoms with Gasteiger partial charge in [0.1, 0.15) is 0 Å². The van der Waals surface area contributed by atoms with E-state index in [0.29, 0.717) is 17.2 Å². The minimum Gasteiger partial charge on any atom is -0.481 e. The molecule has 0 bridgehead atoms. The third-order valence-corrected chi connectivity index (χ3v) is 13.1. The average molecular weight is 954 g/mol. The van der Waals surface area contributed by atoms with E-state index in [4.69, 9.17) is 10.4 Å². The minimum atomic E-state index is -4.87. The van der Waals surface area contributed by atoms with Crippen molar-refractivity contribution < 1.29 is 53.1 Å². The maximum Gasteiger partial charge on any atom is 0.417 e. The molecule has 6 rings (SSSR count). The zero-order valence-corrected chi connectivity index (χ0v) is 36.2. The molecule has 2 aromatic heterocycles. The number of alkyl halides is 6. The summed E-state index contributed by atoms with van der Waals surface area (Å²) in [5, 5.41) is 18.1. The summed E-state index contributed by atoms with van der Waals surface area (Å²) >= 11 is 0. The second kappa shape index (κ2) is 22.2. The summed E-state index contributed by atoms with van der Waals surface area (Å²) in [6.07, 6.45) is -3.50. The highest BCUT2D eigenvalue weighted by Gasteiger charge is 2.39. The van der Waals surface area contributed by atoms with Gasteiger partial charge in [-0.15, -0.1) is 0 Å². The number of nitrogens with one attached hydrogen (secondary N) is 2. The molecule has 2 unspecified atom stereocenters. The largest absolute Gasteiger partial charge is 0.481 e. The molecule has 66 heavy (non-hydrogen) atoms. The van der Waals surface area contributed by atoms with Crippen molar-refractivity contribution >= 4 is 26.0 Å². The number of carboxylic acids is 1. The molecule has 6 aromatic rings. The predicted octanol–water partition coefficient (Wildman–Crippen LogP) is 11.0. The van der Waals surface area contributed by atoms with E-state index in [-0.39, 0.29) is 33.1 Å². The van der Waals surface area contributed by atoms with Gasteiger partial charge in [0.25, 0.3) is 0 Å². The molecule has 3 N–H and O–H groups in total. The third kappa shape index (κ3) is 13.5. The van der Waals surface area contributed by atoms with Crippen LogP contribution < -0.4 is 9.44 Å². The Morgan fingerprint density at radius 3 is 1.44 bits per heavy atom. The van der Waals surface area contributed by atoms with Crippen molar-refractivity contribution in [3.8, 4) is 28.3 Å². The van der Waals surface area contributed by atoms with E-state index in [9.17, 15) is 48.0 Å². The lowest BCUT2D eigenvalue weighted by atomic mass is 9.96. The molecule has 0 amide bonds. The number of rotatable bonds is 15. The average Bonchev–Trinajstić information content (AvgIpc) is 3.26. The van der Waals surface area contributed by atoms with Crippen LogP contribution in [0.5, 0.6) is 0 Å². The highest BCUT2D eigenvalue weighted by molar-refractivity contribution is 7.89. The number of pyridine rings is 2. The van der Waals surface area contributed by atoms with E-state index in [2.05, 4.69) is 19.4 Å². The quantitative estimate of drug-likeness (QED) is 0.0845. The summed E-state index contributed by atoms with van der Waals surface area (Å²) in [5.41, 5.74) is 3.50. The summed E-state index contributed by atoms with van der Waals surface area (Å²) in [6, 6.07) is 25.3. The molecule has 2 heterocycles. The molecule has 4 aromatic carbocycles. The van der Waals surface area contributed by atoms with Crippen LogP contribution in [0.2, 0.25) is 0 Å². The lowest BCUT2D eigenvalue weighted by Gasteiger charge is -2.21. The Labute approximate surface area is 379 Å². The number of carboxylic acid groups (broad SMARTS) is 1. The number of hydrogen-bond donors (Lipinski definition) is 3. The van der Waals surface area contributed by atoms with Crippen LogP contribution in [0.1, 0.15) is 78.6 Å². The number of hydrogen-bond acceptors (Lipinski definition) is 8. The topological polar surface area (TPSA) is 179 Å². The summed E-state index contributed by atoms with van der Waals surface area (Å²) < 4.78 is 137. The molecule has 0 aliphatic carbocycles. The molecule has 2 atom stereocenters. The maximum atomic E-state index is 13.4. The van der Waals surface area contributed by atoms with E-state index in [0.717, 1.165) is 63.7 Å². The standard InChI is InChI=1S/C23H20F3N3O2S.C23H21F3N2O4S.CH4/c1-16-15-28-13-11-19(16)17-6-4-7-18(14-17)21(9-5-12-27)29-32(30,31)22-10-3-2-8-20(22)23(24,25)26;1-15-14-27-12-11-18(15)16-5-4-6-17(13-16)20(9-10-22(29)30)28-33(31,32)21-8-3-2-7-19(21)23(24,25)26;/h2-4,6-8,10-11,13-15,21,29H,5,9H2,1H3;2-8,11-14,20,28H,9-10H2,1H3,(H,29,30);1H4. The molecule has 0 spiro atoms. The SMILES string of the molecule is C.Cc1cnccc1-c1cccc(C(CCC#N)NS(=O)(=O)c2ccccc2C(F)(F)F)c1.Cc1cnccc1-c1cccc(C(CCC(=O)O)NS(=O)(=O)c2ccccc2C(F)(F)F)c1. The smallest absolute Gasteiger partial charge is 0.417 e. The van der Waals surface area contributed by atoms with Crippen molar-refractivity contribution in [1.29, 1.82) is 5.26 Å². The fourth-order valence-corrected chi connectivity index (χ4v) is 9.85. The Morgan fingerprint density at radius 1 is 0.652 bits per heavy atom. The van der Waals surface area contributed by atoms with E-state index in [1.165, 1.54) is 12.1 Å². The van der Waals surface area contributed by atoms with Crippen molar-refractivity contribution in [3.05, 3.63) is 167 Å². The zero-order chi connectivity index (χ0) is 47.6. The van der Waals surface area contributed by atoms with Gasteiger partial charge in [-0.2, -0.15) is 31.6 Å². The third-order valence-electron chi connectivity index (χ3n) is 9.99. The Bertz CT molecular complexity index is 2910. The van der Waals surface area contributed by atoms with Gasteiger partial charge in [0, 0.05) is 49.7 Å². The number of sulfonamides is 2. The first-order valence-electron chi connectivity index (χ1n) is 19.6. The Balaban J connectivity index is 0.000000284. The Hall–Kier alpha value is -6.46. The van der Waals surface area contributed by atoms with Crippen molar-refractivity contribution in [2.75, 3.05) is 0 Å². The van der Waals surface area contributed by atoms with Crippen LogP contribution in [-0.4, -0.2) is 37.9 Å². The summed E-state index contributed by atoms with van der Waals surface area (Å²) in [5.74, 6) is -1.16. The number of nitrogens with zero attached hydrogens (tertiary/aromatic N) is 3. The zero-order valence-electron chi connectivity index (χ0n) is 34.6. The fraction of sp³-hybridized carbons (Fsp3) is 0.234. The number of carbonyl (C=O) groups is 1. The lowest BCUT2D eigenvalue weighted by Crippen LogP contribution is -2.31. The monoisotopic (exact) mass is 953 g/mol. The first-order chi connectivity index (χ1) is 30.6. The van der Waals surface area contributed by atoms with Crippen LogP contribution in [0.15, 0.2) is 144 Å². The Kier molecular flexibility index (Phi) is 17.5. The number of aliphatic carboxylic acids is 1. The maximum absolute atomic E-state index is 13.4. The van der Waals surface area contributed by atoms with E-state index < -0.39 is 71.4 Å². The second-order valence-electron chi connectivity index (χ2n) is 14.6. The summed E-state index contributed by atoms with van der Waals surface area (Å²) in [6.45, 7) is 3.74. The van der Waals surface area contributed by atoms with Gasteiger partial charge in [0.05, 0.1) is 27.0 Å². The molecule has 11 nitrogen and oxygen atoms in total. The molecule has 0 radical (unpaired) electrons. The van der Waals surface area contributed by atoms with E-state index in [1.807, 2.05) is 32.0 Å². The lowest BCUT2D eigenvalue weighted by molar-refractivity contribution is -0.140. The number of benzene rings is 4. The van der Waals surface area contributed by atoms with Crippen LogP contribution >= 0.6 is 0 Å². The molecule has 0 saturated carbocycles. The van der Waals surface area contributed by atoms with Crippen LogP contribution in [0.25, 0.3) is 22.3 Å². The molecular weight excluding hydrogens is 909 g/mol. The van der Waals surface area contributed by atoms with Gasteiger partial charge in [-0.1, -0.05) is 68.1 Å². The number of aryl methyl sites for hydroxylation is 2. The molecular formula is C47H45F6N5O6S2. The number of halogens is 6. The van der Waals surface area contributed by atoms with Crippen LogP contribution in [0.3, 0.4) is 0 Å². The van der Waals surface area contributed by atoms with E-state index >= 15 is 0 Å². The van der Waals surface area contributed by atoms with Crippen molar-refractivity contribution in [2.24, 2.45) is 0 Å². The number of nitriles is 1. The first kappa shape index (κ1) is 52.2. The van der Waals surface area contributed by atoms with Crippen molar-refractivity contribution in [1.82, 2.24) is 19.4 Å². The first-order valence-corrected chi connectivity index (χ1v) is 22.6. The number of aromatic nitrogens is 2. The van der Waals surface area contributed by atoms with Crippen LogP contribution in [-0.2, 0) is 37.2 Å². The van der Waals surface area contributed by atoms with Gasteiger partial charge in [0.2, 0.25) is 20.0 Å². The highest BCUT2D eigenvalue weighted by Crippen LogP contribution is 2.37. The van der Waals surface area contributed by atoms with Gasteiger partial charge >= 0.3 is 18.3 Å². The van der Waals surface area contributed by atoms with Crippen LogP contribution in [0, 0.1) is 25.2 Å². The van der Waals surface area contributed by atoms with Crippen molar-refractivity contribution in [2.45, 2.75) is 81.2 Å². The second-order valence-corrected chi connectivity index (χ2v) is 18.0. The summed E-state index contributed by atoms with van der Waals surface area (Å²) in [7, 11) is -9.15. The highest BCUT2D eigenvalue weighted by atomic mass is 32.2.